The SMILES string of the molecule is COc1ccc2c(c1)N(C(=O)c1csc(CC(C)C)n1)CC(C)O2. The van der Waals surface area contributed by atoms with E-state index in [1.54, 1.807) is 23.3 Å². The number of methoxy groups -OCH3 is 1. The highest BCUT2D eigenvalue weighted by Gasteiger charge is 2.30. The second-order valence-corrected chi connectivity index (χ2v) is 7.34. The molecule has 1 aromatic heterocycles. The Labute approximate surface area is 146 Å². The third-order valence-corrected chi connectivity index (χ3v) is 4.69. The van der Waals surface area contributed by atoms with Gasteiger partial charge in [-0.2, -0.15) is 0 Å². The van der Waals surface area contributed by atoms with E-state index >= 15 is 0 Å². The Morgan fingerprint density at radius 1 is 1.50 bits per heavy atom. The van der Waals surface area contributed by atoms with Gasteiger partial charge in [-0.3, -0.25) is 9.69 Å². The van der Waals surface area contributed by atoms with Crippen molar-refractivity contribution in [2.24, 2.45) is 5.92 Å². The summed E-state index contributed by atoms with van der Waals surface area (Å²) in [6.45, 7) is 6.75. The van der Waals surface area contributed by atoms with E-state index in [4.69, 9.17) is 9.47 Å². The summed E-state index contributed by atoms with van der Waals surface area (Å²) in [5, 5.41) is 2.85. The number of hydrogen-bond donors (Lipinski definition) is 0. The topological polar surface area (TPSA) is 51.7 Å². The predicted octanol–water partition coefficient (Wildman–Crippen LogP) is 3.78. The highest BCUT2D eigenvalue weighted by Crippen LogP contribution is 2.37. The predicted molar refractivity (Wildman–Crippen MR) is 95.4 cm³/mol. The van der Waals surface area contributed by atoms with Crippen molar-refractivity contribution in [3.63, 3.8) is 0 Å². The van der Waals surface area contributed by atoms with Crippen molar-refractivity contribution in [1.82, 2.24) is 4.98 Å². The average Bonchev–Trinajstić information content (AvgIpc) is 3.00. The fourth-order valence-corrected chi connectivity index (χ4v) is 3.71. The molecule has 0 fully saturated rings. The zero-order chi connectivity index (χ0) is 17.3. The molecule has 1 unspecified atom stereocenters. The first-order chi connectivity index (χ1) is 11.5. The minimum atomic E-state index is -0.0918. The number of thiazole rings is 1. The molecule has 1 aliphatic heterocycles. The van der Waals surface area contributed by atoms with E-state index in [0.29, 0.717) is 29.7 Å². The Morgan fingerprint density at radius 3 is 3.00 bits per heavy atom. The quantitative estimate of drug-likeness (QED) is 0.845. The number of aromatic nitrogens is 1. The molecule has 1 aromatic carbocycles. The van der Waals surface area contributed by atoms with Crippen LogP contribution in [0.25, 0.3) is 0 Å². The summed E-state index contributed by atoms with van der Waals surface area (Å²) in [6.07, 6.45) is 0.825. The maximum Gasteiger partial charge on any atom is 0.277 e. The standard InChI is InChI=1S/C18H22N2O3S/c1-11(2)7-17-19-14(10-24-17)18(21)20-9-12(3)23-16-6-5-13(22-4)8-15(16)20/h5-6,8,10-12H,7,9H2,1-4H3. The third-order valence-electron chi connectivity index (χ3n) is 3.82. The Hall–Kier alpha value is -2.08. The molecule has 128 valence electrons. The van der Waals surface area contributed by atoms with E-state index < -0.39 is 0 Å². The van der Waals surface area contributed by atoms with Crippen LogP contribution >= 0.6 is 11.3 Å². The van der Waals surface area contributed by atoms with Crippen LogP contribution in [0.4, 0.5) is 5.69 Å². The fraction of sp³-hybridized carbons (Fsp3) is 0.444. The van der Waals surface area contributed by atoms with Gasteiger partial charge in [0.2, 0.25) is 0 Å². The number of carbonyl (C=O) groups is 1. The van der Waals surface area contributed by atoms with Gasteiger partial charge in [0.05, 0.1) is 24.3 Å². The van der Waals surface area contributed by atoms with E-state index in [9.17, 15) is 4.79 Å². The summed E-state index contributed by atoms with van der Waals surface area (Å²) in [4.78, 5) is 19.2. The molecule has 0 aliphatic carbocycles. The van der Waals surface area contributed by atoms with Gasteiger partial charge in [-0.05, 0) is 25.0 Å². The number of ether oxygens (including phenoxy) is 2. The van der Waals surface area contributed by atoms with Crippen molar-refractivity contribution in [2.75, 3.05) is 18.6 Å². The first-order valence-corrected chi connectivity index (χ1v) is 8.97. The highest BCUT2D eigenvalue weighted by molar-refractivity contribution is 7.09. The first kappa shape index (κ1) is 16.8. The minimum absolute atomic E-state index is 0.0661. The summed E-state index contributed by atoms with van der Waals surface area (Å²) in [7, 11) is 1.61. The van der Waals surface area contributed by atoms with Gasteiger partial charge in [-0.25, -0.2) is 4.98 Å². The van der Waals surface area contributed by atoms with Crippen molar-refractivity contribution in [1.29, 1.82) is 0 Å². The van der Waals surface area contributed by atoms with Crippen LogP contribution < -0.4 is 14.4 Å². The number of rotatable bonds is 4. The molecule has 1 aliphatic rings. The normalized spacial score (nSPS) is 16.7. The largest absolute Gasteiger partial charge is 0.497 e. The van der Waals surface area contributed by atoms with E-state index in [1.807, 2.05) is 30.5 Å². The molecule has 2 aromatic rings. The molecular formula is C18H22N2O3S. The van der Waals surface area contributed by atoms with Crippen LogP contribution in [0.1, 0.15) is 36.3 Å². The van der Waals surface area contributed by atoms with Gasteiger partial charge in [-0.15, -0.1) is 11.3 Å². The smallest absolute Gasteiger partial charge is 0.277 e. The molecule has 3 rings (SSSR count). The van der Waals surface area contributed by atoms with Gasteiger partial charge in [0.15, 0.2) is 0 Å². The number of hydrogen-bond acceptors (Lipinski definition) is 5. The Bertz CT molecular complexity index is 742. The maximum absolute atomic E-state index is 13.0. The lowest BCUT2D eigenvalue weighted by Gasteiger charge is -2.33. The highest BCUT2D eigenvalue weighted by atomic mass is 32.1. The maximum atomic E-state index is 13.0. The van der Waals surface area contributed by atoms with E-state index in [0.717, 1.165) is 17.1 Å². The number of anilines is 1. The third kappa shape index (κ3) is 3.38. The minimum Gasteiger partial charge on any atom is -0.497 e. The molecule has 5 nitrogen and oxygen atoms in total. The molecule has 1 atom stereocenters. The summed E-state index contributed by atoms with van der Waals surface area (Å²) in [5.41, 5.74) is 1.23. The van der Waals surface area contributed by atoms with E-state index in [-0.39, 0.29) is 12.0 Å². The number of benzene rings is 1. The van der Waals surface area contributed by atoms with Crippen molar-refractivity contribution >= 4 is 22.9 Å². The van der Waals surface area contributed by atoms with Crippen molar-refractivity contribution < 1.29 is 14.3 Å². The van der Waals surface area contributed by atoms with Crippen LogP contribution in [-0.2, 0) is 6.42 Å². The summed E-state index contributed by atoms with van der Waals surface area (Å²) >= 11 is 1.55. The zero-order valence-corrected chi connectivity index (χ0v) is 15.2. The van der Waals surface area contributed by atoms with Crippen molar-refractivity contribution in [3.05, 3.63) is 34.3 Å². The van der Waals surface area contributed by atoms with Crippen LogP contribution in [0.15, 0.2) is 23.6 Å². The molecule has 0 radical (unpaired) electrons. The van der Waals surface area contributed by atoms with E-state index in [1.165, 1.54) is 0 Å². The molecule has 0 bridgehead atoms. The van der Waals surface area contributed by atoms with Crippen LogP contribution in [0.3, 0.4) is 0 Å². The second-order valence-electron chi connectivity index (χ2n) is 6.40. The number of fused-ring (bicyclic) bond motifs is 1. The average molecular weight is 346 g/mol. The molecule has 24 heavy (non-hydrogen) atoms. The van der Waals surface area contributed by atoms with Gasteiger partial charge >= 0.3 is 0 Å². The summed E-state index contributed by atoms with van der Waals surface area (Å²) in [5.74, 6) is 1.82. The van der Waals surface area contributed by atoms with Crippen LogP contribution in [-0.4, -0.2) is 30.6 Å². The molecule has 2 heterocycles. The number of amides is 1. The van der Waals surface area contributed by atoms with Gasteiger partial charge < -0.3 is 9.47 Å². The zero-order valence-electron chi connectivity index (χ0n) is 14.4. The van der Waals surface area contributed by atoms with Gasteiger partial charge in [-0.1, -0.05) is 13.8 Å². The molecule has 6 heteroatoms. The van der Waals surface area contributed by atoms with Gasteiger partial charge in [0.25, 0.3) is 5.91 Å². The van der Waals surface area contributed by atoms with Crippen molar-refractivity contribution in [3.8, 4) is 11.5 Å². The van der Waals surface area contributed by atoms with Crippen LogP contribution in [0.5, 0.6) is 11.5 Å². The molecule has 0 saturated carbocycles. The lowest BCUT2D eigenvalue weighted by Crippen LogP contribution is -2.42. The van der Waals surface area contributed by atoms with E-state index in [2.05, 4.69) is 18.8 Å². The second kappa shape index (κ2) is 6.81. The van der Waals surface area contributed by atoms with Gasteiger partial charge in [0, 0.05) is 17.9 Å². The Balaban J connectivity index is 1.91. The Kier molecular flexibility index (Phi) is 4.76. The molecule has 0 saturated heterocycles. The fourth-order valence-electron chi connectivity index (χ4n) is 2.73. The molecule has 1 amide bonds. The lowest BCUT2D eigenvalue weighted by atomic mass is 10.1. The first-order valence-electron chi connectivity index (χ1n) is 8.09. The van der Waals surface area contributed by atoms with Crippen LogP contribution in [0.2, 0.25) is 0 Å². The van der Waals surface area contributed by atoms with Crippen molar-refractivity contribution in [2.45, 2.75) is 33.3 Å². The number of nitrogens with zero attached hydrogens (tertiary/aromatic N) is 2. The molecular weight excluding hydrogens is 324 g/mol. The summed E-state index contributed by atoms with van der Waals surface area (Å²) < 4.78 is 11.1. The van der Waals surface area contributed by atoms with Crippen LogP contribution in [0, 0.1) is 5.92 Å². The summed E-state index contributed by atoms with van der Waals surface area (Å²) in [6, 6.07) is 5.51. The molecule has 0 N–H and O–H groups in total. The lowest BCUT2D eigenvalue weighted by molar-refractivity contribution is 0.0956. The number of carbonyl (C=O) groups excluding carboxylic acids is 1. The molecule has 0 spiro atoms. The van der Waals surface area contributed by atoms with Gasteiger partial charge in [0.1, 0.15) is 23.3 Å². The monoisotopic (exact) mass is 346 g/mol. The Morgan fingerprint density at radius 2 is 2.29 bits per heavy atom.